The lowest BCUT2D eigenvalue weighted by Crippen LogP contribution is -2.26. The molecule has 5 rings (SSSR count). The summed E-state index contributed by atoms with van der Waals surface area (Å²) in [6.07, 6.45) is 4.74. The van der Waals surface area contributed by atoms with Crippen molar-refractivity contribution in [2.45, 2.75) is 19.4 Å². The lowest BCUT2D eigenvalue weighted by molar-refractivity contribution is -0.119. The summed E-state index contributed by atoms with van der Waals surface area (Å²) in [5, 5.41) is 7.38. The fraction of sp³-hybridized carbons (Fsp3) is 0.269. The Morgan fingerprint density at radius 3 is 2.86 bits per heavy atom. The zero-order valence-electron chi connectivity index (χ0n) is 19.9. The summed E-state index contributed by atoms with van der Waals surface area (Å²) in [4.78, 5) is 23.5. The standard InChI is InChI=1S/C26H27ClN6O2/c1-28-24(34)12-18-15-33(22-7-5-4-6-19(18)22)25-20(27)13-29-26(31-25)30-21-10-17-14-32(2)9-8-16(17)11-23(21)35-3/h4-7,10-11,13,15H,8-9,12,14H2,1-3H3,(H,28,34)(H,29,30,31). The van der Waals surface area contributed by atoms with Crippen molar-refractivity contribution in [2.24, 2.45) is 0 Å². The van der Waals surface area contributed by atoms with Crippen molar-refractivity contribution in [3.8, 4) is 11.6 Å². The number of amides is 1. The Bertz CT molecular complexity index is 1420. The maximum atomic E-state index is 12.1. The molecular weight excluding hydrogens is 464 g/mol. The van der Waals surface area contributed by atoms with Gasteiger partial charge in [-0.1, -0.05) is 29.8 Å². The van der Waals surface area contributed by atoms with Crippen molar-refractivity contribution < 1.29 is 9.53 Å². The van der Waals surface area contributed by atoms with Crippen molar-refractivity contribution in [3.05, 3.63) is 70.5 Å². The lowest BCUT2D eigenvalue weighted by atomic mass is 9.99. The monoisotopic (exact) mass is 490 g/mol. The van der Waals surface area contributed by atoms with Gasteiger partial charge in [0.25, 0.3) is 0 Å². The van der Waals surface area contributed by atoms with Gasteiger partial charge in [-0.25, -0.2) is 4.98 Å². The molecule has 2 N–H and O–H groups in total. The molecule has 35 heavy (non-hydrogen) atoms. The largest absolute Gasteiger partial charge is 0.495 e. The average Bonchev–Trinajstić information content (AvgIpc) is 3.22. The van der Waals surface area contributed by atoms with Crippen LogP contribution in [0.25, 0.3) is 16.7 Å². The van der Waals surface area contributed by atoms with Crippen molar-refractivity contribution in [2.75, 3.05) is 33.1 Å². The number of hydrogen-bond donors (Lipinski definition) is 2. The third-order valence-corrected chi connectivity index (χ3v) is 6.62. The number of fused-ring (bicyclic) bond motifs is 2. The van der Waals surface area contributed by atoms with Crippen molar-refractivity contribution in [1.29, 1.82) is 0 Å². The molecule has 0 radical (unpaired) electrons. The summed E-state index contributed by atoms with van der Waals surface area (Å²) in [6, 6.07) is 12.1. The van der Waals surface area contributed by atoms with Crippen LogP contribution in [0.15, 0.2) is 48.8 Å². The molecule has 1 aliphatic rings. The SMILES string of the molecule is CNC(=O)Cc1cn(-c2nc(Nc3cc4c(cc3OC)CCN(C)C4)ncc2Cl)c2ccccc12. The number of aromatic nitrogens is 3. The lowest BCUT2D eigenvalue weighted by Gasteiger charge is -2.26. The highest BCUT2D eigenvalue weighted by Gasteiger charge is 2.19. The number of halogens is 1. The minimum Gasteiger partial charge on any atom is -0.495 e. The van der Waals surface area contributed by atoms with Crippen molar-refractivity contribution >= 4 is 40.0 Å². The summed E-state index contributed by atoms with van der Waals surface area (Å²) < 4.78 is 7.56. The quantitative estimate of drug-likeness (QED) is 0.423. The molecule has 180 valence electrons. The average molecular weight is 491 g/mol. The van der Waals surface area contributed by atoms with Gasteiger partial charge in [0.1, 0.15) is 10.8 Å². The molecule has 1 amide bonds. The van der Waals surface area contributed by atoms with Gasteiger partial charge in [-0.05, 0) is 48.4 Å². The van der Waals surface area contributed by atoms with E-state index >= 15 is 0 Å². The van der Waals surface area contributed by atoms with Crippen LogP contribution in [-0.4, -0.2) is 53.1 Å². The number of ether oxygens (including phenoxy) is 1. The molecule has 0 bridgehead atoms. The highest BCUT2D eigenvalue weighted by atomic mass is 35.5. The second-order valence-corrected chi connectivity index (χ2v) is 9.10. The fourth-order valence-electron chi connectivity index (χ4n) is 4.53. The Kier molecular flexibility index (Phi) is 6.32. The summed E-state index contributed by atoms with van der Waals surface area (Å²) >= 11 is 6.56. The molecule has 3 heterocycles. The third kappa shape index (κ3) is 4.54. The number of nitrogens with one attached hydrogen (secondary N) is 2. The van der Waals surface area contributed by atoms with E-state index in [9.17, 15) is 4.79 Å². The van der Waals surface area contributed by atoms with Gasteiger partial charge in [-0.15, -0.1) is 0 Å². The first-order valence-corrected chi connectivity index (χ1v) is 11.8. The van der Waals surface area contributed by atoms with Gasteiger partial charge in [-0.2, -0.15) is 4.98 Å². The molecule has 0 atom stereocenters. The number of carbonyl (C=O) groups is 1. The van der Waals surface area contributed by atoms with Gasteiger partial charge in [0, 0.05) is 31.7 Å². The number of para-hydroxylation sites is 1. The third-order valence-electron chi connectivity index (χ3n) is 6.35. The number of benzene rings is 2. The van der Waals surface area contributed by atoms with E-state index in [0.29, 0.717) is 16.8 Å². The number of likely N-dealkylation sites (N-methyl/N-ethyl adjacent to an activating group) is 2. The normalized spacial score (nSPS) is 13.5. The molecule has 0 fully saturated rings. The van der Waals surface area contributed by atoms with E-state index in [1.807, 2.05) is 35.0 Å². The molecule has 4 aromatic rings. The second-order valence-electron chi connectivity index (χ2n) is 8.69. The fourth-order valence-corrected chi connectivity index (χ4v) is 4.71. The summed E-state index contributed by atoms with van der Waals surface area (Å²) in [5.41, 5.74) is 5.15. The molecule has 0 saturated carbocycles. The molecule has 0 spiro atoms. The maximum Gasteiger partial charge on any atom is 0.229 e. The molecule has 9 heteroatoms. The maximum absolute atomic E-state index is 12.1. The Hall–Kier alpha value is -3.62. The van der Waals surface area contributed by atoms with Crippen LogP contribution in [0, 0.1) is 0 Å². The van der Waals surface area contributed by atoms with E-state index in [-0.39, 0.29) is 12.3 Å². The van der Waals surface area contributed by atoms with Crippen LogP contribution in [0.2, 0.25) is 5.02 Å². The Balaban J connectivity index is 1.54. The number of carbonyl (C=O) groups excluding carboxylic acids is 1. The molecule has 1 aliphatic heterocycles. The number of hydrogen-bond acceptors (Lipinski definition) is 6. The molecular formula is C26H27ClN6O2. The summed E-state index contributed by atoms with van der Waals surface area (Å²) in [7, 11) is 5.42. The van der Waals surface area contributed by atoms with Crippen LogP contribution in [0.3, 0.4) is 0 Å². The molecule has 0 aliphatic carbocycles. The first-order valence-electron chi connectivity index (χ1n) is 11.4. The van der Waals surface area contributed by atoms with Gasteiger partial charge < -0.3 is 20.3 Å². The van der Waals surface area contributed by atoms with Crippen LogP contribution in [0.4, 0.5) is 11.6 Å². The van der Waals surface area contributed by atoms with Crippen LogP contribution >= 0.6 is 11.6 Å². The Morgan fingerprint density at radius 2 is 2.06 bits per heavy atom. The van der Waals surface area contributed by atoms with Gasteiger partial charge in [0.2, 0.25) is 11.9 Å². The highest BCUT2D eigenvalue weighted by molar-refractivity contribution is 6.32. The minimum absolute atomic E-state index is 0.0609. The summed E-state index contributed by atoms with van der Waals surface area (Å²) in [5.74, 6) is 1.61. The van der Waals surface area contributed by atoms with E-state index < -0.39 is 0 Å². The van der Waals surface area contributed by atoms with E-state index in [1.54, 1.807) is 20.4 Å². The Labute approximate surface area is 208 Å². The molecule has 8 nitrogen and oxygen atoms in total. The van der Waals surface area contributed by atoms with Gasteiger partial charge in [0.05, 0.1) is 30.9 Å². The molecule has 0 saturated heterocycles. The van der Waals surface area contributed by atoms with E-state index in [1.165, 1.54) is 11.1 Å². The van der Waals surface area contributed by atoms with Gasteiger partial charge in [0.15, 0.2) is 5.82 Å². The molecule has 2 aromatic carbocycles. The number of rotatable bonds is 6. The van der Waals surface area contributed by atoms with E-state index in [4.69, 9.17) is 21.3 Å². The number of methoxy groups -OCH3 is 1. The number of nitrogens with zero attached hydrogens (tertiary/aromatic N) is 4. The smallest absolute Gasteiger partial charge is 0.229 e. The van der Waals surface area contributed by atoms with Crippen LogP contribution < -0.4 is 15.4 Å². The summed E-state index contributed by atoms with van der Waals surface area (Å²) in [6.45, 7) is 1.91. The topological polar surface area (TPSA) is 84.3 Å². The zero-order valence-corrected chi connectivity index (χ0v) is 20.7. The van der Waals surface area contributed by atoms with Crippen LogP contribution in [-0.2, 0) is 24.2 Å². The van der Waals surface area contributed by atoms with Gasteiger partial charge in [-0.3, -0.25) is 9.36 Å². The molecule has 0 unspecified atom stereocenters. The highest BCUT2D eigenvalue weighted by Crippen LogP contribution is 2.34. The van der Waals surface area contributed by atoms with Gasteiger partial charge >= 0.3 is 0 Å². The van der Waals surface area contributed by atoms with E-state index in [0.717, 1.165) is 47.4 Å². The Morgan fingerprint density at radius 1 is 1.23 bits per heavy atom. The minimum atomic E-state index is -0.0609. The zero-order chi connectivity index (χ0) is 24.5. The first kappa shape index (κ1) is 23.1. The van der Waals surface area contributed by atoms with E-state index in [2.05, 4.69) is 39.7 Å². The van der Waals surface area contributed by atoms with Crippen LogP contribution in [0.5, 0.6) is 5.75 Å². The van der Waals surface area contributed by atoms with Crippen molar-refractivity contribution in [3.63, 3.8) is 0 Å². The van der Waals surface area contributed by atoms with Crippen LogP contribution in [0.1, 0.15) is 16.7 Å². The van der Waals surface area contributed by atoms with Crippen molar-refractivity contribution in [1.82, 2.24) is 24.8 Å². The number of anilines is 2. The first-order chi connectivity index (χ1) is 17.0. The second kappa shape index (κ2) is 9.56. The predicted molar refractivity (Wildman–Crippen MR) is 138 cm³/mol. The predicted octanol–water partition coefficient (Wildman–Crippen LogP) is 4.10. The molecule has 2 aromatic heterocycles.